The molecule has 0 spiro atoms. The van der Waals surface area contributed by atoms with Gasteiger partial charge in [0, 0.05) is 26.6 Å². The summed E-state index contributed by atoms with van der Waals surface area (Å²) >= 11 is 0. The number of aliphatic imine (C=N–C) groups is 1. The number of nitrogens with one attached hydrogen (secondary N) is 2. The van der Waals surface area contributed by atoms with Crippen molar-refractivity contribution in [1.82, 2.24) is 20.8 Å². The van der Waals surface area contributed by atoms with Crippen molar-refractivity contribution >= 4 is 5.96 Å². The summed E-state index contributed by atoms with van der Waals surface area (Å²) in [6.07, 6.45) is 1.09. The SMILES string of the molecule is CCNC(=NCc1noc(C)n1)NCCOCCC(C)C. The Bertz CT molecular complexity index is 417. The van der Waals surface area contributed by atoms with Crippen LogP contribution in [0, 0.1) is 12.8 Å². The number of hydrogen-bond donors (Lipinski definition) is 2. The molecule has 0 fully saturated rings. The largest absolute Gasteiger partial charge is 0.380 e. The standard InChI is InChI=1S/C14H27N5O2/c1-5-15-14(16-7-9-20-8-6-11(2)3)17-10-13-18-12(4)21-19-13/h11H,5-10H2,1-4H3,(H2,15,16,17). The Morgan fingerprint density at radius 2 is 2.14 bits per heavy atom. The van der Waals surface area contributed by atoms with E-state index in [2.05, 4.69) is 39.6 Å². The highest BCUT2D eigenvalue weighted by molar-refractivity contribution is 5.79. The normalized spacial score (nSPS) is 12.0. The van der Waals surface area contributed by atoms with Crippen molar-refractivity contribution in [3.63, 3.8) is 0 Å². The Hall–Kier alpha value is -1.63. The molecule has 1 aromatic heterocycles. The summed E-state index contributed by atoms with van der Waals surface area (Å²) in [4.78, 5) is 8.51. The van der Waals surface area contributed by atoms with Crippen molar-refractivity contribution in [3.05, 3.63) is 11.7 Å². The first-order chi connectivity index (χ1) is 10.1. The summed E-state index contributed by atoms with van der Waals surface area (Å²) in [7, 11) is 0. The molecule has 0 bridgehead atoms. The lowest BCUT2D eigenvalue weighted by atomic mass is 10.1. The molecule has 0 aromatic carbocycles. The first kappa shape index (κ1) is 17.4. The second-order valence-electron chi connectivity index (χ2n) is 5.15. The van der Waals surface area contributed by atoms with Gasteiger partial charge in [0.15, 0.2) is 11.8 Å². The lowest BCUT2D eigenvalue weighted by Gasteiger charge is -2.11. The van der Waals surface area contributed by atoms with Gasteiger partial charge in [-0.3, -0.25) is 0 Å². The van der Waals surface area contributed by atoms with Crippen LogP contribution < -0.4 is 10.6 Å². The smallest absolute Gasteiger partial charge is 0.223 e. The van der Waals surface area contributed by atoms with E-state index < -0.39 is 0 Å². The number of aryl methyl sites for hydroxylation is 1. The van der Waals surface area contributed by atoms with E-state index in [1.807, 2.05) is 6.92 Å². The van der Waals surface area contributed by atoms with Gasteiger partial charge in [-0.25, -0.2) is 4.99 Å². The highest BCUT2D eigenvalue weighted by Gasteiger charge is 2.02. The van der Waals surface area contributed by atoms with Crippen LogP contribution in [0.1, 0.15) is 38.9 Å². The molecule has 1 aromatic rings. The molecule has 0 aliphatic heterocycles. The highest BCUT2D eigenvalue weighted by Crippen LogP contribution is 1.98. The Morgan fingerprint density at radius 3 is 2.76 bits per heavy atom. The minimum atomic E-state index is 0.390. The van der Waals surface area contributed by atoms with Gasteiger partial charge >= 0.3 is 0 Å². The molecule has 120 valence electrons. The molecule has 0 radical (unpaired) electrons. The van der Waals surface area contributed by atoms with Crippen LogP contribution in [0.5, 0.6) is 0 Å². The number of nitrogens with zero attached hydrogens (tertiary/aromatic N) is 3. The van der Waals surface area contributed by atoms with E-state index in [0.29, 0.717) is 30.8 Å². The zero-order valence-corrected chi connectivity index (χ0v) is 13.5. The second-order valence-corrected chi connectivity index (χ2v) is 5.15. The fourth-order valence-electron chi connectivity index (χ4n) is 1.56. The lowest BCUT2D eigenvalue weighted by molar-refractivity contribution is 0.128. The van der Waals surface area contributed by atoms with Crippen LogP contribution in [0.15, 0.2) is 9.52 Å². The Labute approximate surface area is 126 Å². The van der Waals surface area contributed by atoms with Crippen LogP contribution in [-0.2, 0) is 11.3 Å². The molecule has 7 nitrogen and oxygen atoms in total. The van der Waals surface area contributed by atoms with Crippen LogP contribution >= 0.6 is 0 Å². The van der Waals surface area contributed by atoms with Crippen molar-refractivity contribution in [3.8, 4) is 0 Å². The molecule has 1 rings (SSSR count). The van der Waals surface area contributed by atoms with E-state index in [1.54, 1.807) is 6.92 Å². The van der Waals surface area contributed by atoms with Gasteiger partial charge in [0.2, 0.25) is 5.89 Å². The minimum Gasteiger partial charge on any atom is -0.380 e. The van der Waals surface area contributed by atoms with Gasteiger partial charge in [-0.15, -0.1) is 0 Å². The molecule has 0 saturated carbocycles. The molecule has 21 heavy (non-hydrogen) atoms. The van der Waals surface area contributed by atoms with Gasteiger partial charge in [0.05, 0.1) is 6.61 Å². The number of aromatic nitrogens is 2. The zero-order chi connectivity index (χ0) is 15.5. The Balaban J connectivity index is 2.25. The van der Waals surface area contributed by atoms with Crippen LogP contribution in [-0.4, -0.2) is 42.4 Å². The zero-order valence-electron chi connectivity index (χ0n) is 13.5. The fourth-order valence-corrected chi connectivity index (χ4v) is 1.56. The summed E-state index contributed by atoms with van der Waals surface area (Å²) in [5.41, 5.74) is 0. The highest BCUT2D eigenvalue weighted by atomic mass is 16.5. The van der Waals surface area contributed by atoms with E-state index in [9.17, 15) is 0 Å². The summed E-state index contributed by atoms with van der Waals surface area (Å²) in [6.45, 7) is 11.5. The topological polar surface area (TPSA) is 84.6 Å². The molecule has 0 saturated heterocycles. The van der Waals surface area contributed by atoms with Crippen LogP contribution in [0.25, 0.3) is 0 Å². The second kappa shape index (κ2) is 10.1. The van der Waals surface area contributed by atoms with Crippen molar-refractivity contribution in [2.45, 2.75) is 40.7 Å². The predicted molar refractivity (Wildman–Crippen MR) is 82.1 cm³/mol. The average molecular weight is 297 g/mol. The lowest BCUT2D eigenvalue weighted by Crippen LogP contribution is -2.39. The van der Waals surface area contributed by atoms with Gasteiger partial charge in [-0.05, 0) is 19.3 Å². The third-order valence-corrected chi connectivity index (χ3v) is 2.67. The molecular formula is C14H27N5O2. The van der Waals surface area contributed by atoms with Gasteiger partial charge < -0.3 is 19.9 Å². The molecule has 0 unspecified atom stereocenters. The number of hydrogen-bond acceptors (Lipinski definition) is 5. The summed E-state index contributed by atoms with van der Waals surface area (Å²) in [6, 6.07) is 0. The molecule has 0 aliphatic rings. The van der Waals surface area contributed by atoms with Crippen molar-refractivity contribution in [2.75, 3.05) is 26.3 Å². The third kappa shape index (κ3) is 8.29. The van der Waals surface area contributed by atoms with E-state index in [1.165, 1.54) is 0 Å². The summed E-state index contributed by atoms with van der Waals surface area (Å²) in [5, 5.41) is 10.2. The molecule has 0 atom stereocenters. The van der Waals surface area contributed by atoms with E-state index in [0.717, 1.165) is 32.1 Å². The predicted octanol–water partition coefficient (Wildman–Crippen LogP) is 1.50. The summed E-state index contributed by atoms with van der Waals surface area (Å²) < 4.78 is 10.5. The molecule has 0 aliphatic carbocycles. The molecule has 7 heteroatoms. The van der Waals surface area contributed by atoms with Crippen molar-refractivity contribution in [2.24, 2.45) is 10.9 Å². The van der Waals surface area contributed by atoms with Gasteiger partial charge in [-0.2, -0.15) is 4.98 Å². The third-order valence-electron chi connectivity index (χ3n) is 2.67. The Morgan fingerprint density at radius 1 is 1.33 bits per heavy atom. The molecule has 2 N–H and O–H groups in total. The maximum absolute atomic E-state index is 5.55. The van der Waals surface area contributed by atoms with Crippen LogP contribution in [0.2, 0.25) is 0 Å². The molecule has 0 amide bonds. The number of guanidine groups is 1. The first-order valence-corrected chi connectivity index (χ1v) is 7.51. The van der Waals surface area contributed by atoms with Gasteiger partial charge in [0.1, 0.15) is 6.54 Å². The van der Waals surface area contributed by atoms with Crippen LogP contribution in [0.4, 0.5) is 0 Å². The quantitative estimate of drug-likeness (QED) is 0.408. The fraction of sp³-hybridized carbons (Fsp3) is 0.786. The Kier molecular flexibility index (Phi) is 8.42. The van der Waals surface area contributed by atoms with Crippen molar-refractivity contribution < 1.29 is 9.26 Å². The number of ether oxygens (including phenoxy) is 1. The minimum absolute atomic E-state index is 0.390. The van der Waals surface area contributed by atoms with Crippen molar-refractivity contribution in [1.29, 1.82) is 0 Å². The van der Waals surface area contributed by atoms with Crippen LogP contribution in [0.3, 0.4) is 0 Å². The average Bonchev–Trinajstić information content (AvgIpc) is 2.85. The van der Waals surface area contributed by atoms with E-state index in [4.69, 9.17) is 9.26 Å². The monoisotopic (exact) mass is 297 g/mol. The first-order valence-electron chi connectivity index (χ1n) is 7.51. The summed E-state index contributed by atoms with van der Waals surface area (Å²) in [5.74, 6) is 2.54. The van der Waals surface area contributed by atoms with Gasteiger partial charge in [-0.1, -0.05) is 19.0 Å². The van der Waals surface area contributed by atoms with E-state index >= 15 is 0 Å². The van der Waals surface area contributed by atoms with E-state index in [-0.39, 0.29) is 0 Å². The molecule has 1 heterocycles. The maximum Gasteiger partial charge on any atom is 0.223 e. The maximum atomic E-state index is 5.55. The number of rotatable bonds is 9. The van der Waals surface area contributed by atoms with Gasteiger partial charge in [0.25, 0.3) is 0 Å². The molecular weight excluding hydrogens is 270 g/mol.